The van der Waals surface area contributed by atoms with Crippen LogP contribution in [0.15, 0.2) is 17.4 Å². The molecule has 2 rings (SSSR count). The highest BCUT2D eigenvalue weighted by Gasteiger charge is 2.29. The second-order valence-electron chi connectivity index (χ2n) is 6.84. The van der Waals surface area contributed by atoms with E-state index in [-0.39, 0.29) is 29.6 Å². The van der Waals surface area contributed by atoms with Crippen molar-refractivity contribution in [2.75, 3.05) is 19.7 Å². The zero-order valence-corrected chi connectivity index (χ0v) is 17.7. The number of hydrogen-bond acceptors (Lipinski definition) is 3. The van der Waals surface area contributed by atoms with Crippen molar-refractivity contribution in [3.05, 3.63) is 18.2 Å². The lowest BCUT2D eigenvalue weighted by Crippen LogP contribution is -2.45. The number of hydrogen-bond donors (Lipinski definition) is 2. The number of guanidine groups is 1. The summed E-state index contributed by atoms with van der Waals surface area (Å²) in [4.78, 5) is 9.10. The van der Waals surface area contributed by atoms with E-state index in [4.69, 9.17) is 4.74 Å². The molecule has 2 N–H and O–H groups in total. The van der Waals surface area contributed by atoms with E-state index in [2.05, 4.69) is 52.9 Å². The van der Waals surface area contributed by atoms with E-state index in [9.17, 15) is 0 Å². The van der Waals surface area contributed by atoms with Crippen LogP contribution in [-0.2, 0) is 17.8 Å². The average Bonchev–Trinajstić information content (AvgIpc) is 3.11. The summed E-state index contributed by atoms with van der Waals surface area (Å²) in [6, 6.07) is 0. The van der Waals surface area contributed by atoms with Gasteiger partial charge in [0.1, 0.15) is 12.4 Å². The van der Waals surface area contributed by atoms with Gasteiger partial charge in [0.2, 0.25) is 0 Å². The smallest absolute Gasteiger partial charge is 0.191 e. The predicted molar refractivity (Wildman–Crippen MR) is 109 cm³/mol. The van der Waals surface area contributed by atoms with Crippen molar-refractivity contribution in [2.45, 2.75) is 59.2 Å². The van der Waals surface area contributed by atoms with Gasteiger partial charge in [0.25, 0.3) is 0 Å². The third kappa shape index (κ3) is 6.58. The second-order valence-corrected chi connectivity index (χ2v) is 6.84. The summed E-state index contributed by atoms with van der Waals surface area (Å²) in [5.74, 6) is 2.42. The van der Waals surface area contributed by atoms with E-state index >= 15 is 0 Å². The molecule has 0 amide bonds. The lowest BCUT2D eigenvalue weighted by molar-refractivity contribution is 0.0243. The molecule has 1 unspecified atom stereocenters. The van der Waals surface area contributed by atoms with Crippen LogP contribution in [0.4, 0.5) is 0 Å². The Kier molecular flexibility index (Phi) is 9.04. The van der Waals surface area contributed by atoms with E-state index in [0.29, 0.717) is 12.5 Å². The van der Waals surface area contributed by atoms with Crippen molar-refractivity contribution in [1.29, 1.82) is 0 Å². The minimum atomic E-state index is -0.0771. The molecule has 24 heavy (non-hydrogen) atoms. The Morgan fingerprint density at radius 1 is 1.46 bits per heavy atom. The number of nitrogens with zero attached hydrogens (tertiary/aromatic N) is 3. The molecule has 0 radical (unpaired) electrons. The van der Waals surface area contributed by atoms with Gasteiger partial charge >= 0.3 is 0 Å². The molecule has 1 saturated heterocycles. The summed E-state index contributed by atoms with van der Waals surface area (Å²) in [5, 5.41) is 6.70. The molecular weight excluding hydrogens is 417 g/mol. The van der Waals surface area contributed by atoms with E-state index in [1.807, 2.05) is 12.4 Å². The van der Waals surface area contributed by atoms with Crippen LogP contribution in [0.2, 0.25) is 0 Å². The molecule has 7 heteroatoms. The fourth-order valence-corrected chi connectivity index (χ4v) is 2.79. The maximum atomic E-state index is 5.82. The lowest BCUT2D eigenvalue weighted by atomic mass is 10.0. The number of imidazole rings is 1. The van der Waals surface area contributed by atoms with Crippen molar-refractivity contribution >= 4 is 29.9 Å². The molecular formula is C17H32IN5O. The van der Waals surface area contributed by atoms with Gasteiger partial charge in [-0.25, -0.2) is 9.98 Å². The third-order valence-corrected chi connectivity index (χ3v) is 4.02. The highest BCUT2D eigenvalue weighted by atomic mass is 127. The molecule has 0 aromatic carbocycles. The topological polar surface area (TPSA) is 63.5 Å². The number of aliphatic imine (C=N–C) groups is 1. The highest BCUT2D eigenvalue weighted by Crippen LogP contribution is 2.23. The van der Waals surface area contributed by atoms with Crippen LogP contribution < -0.4 is 10.6 Å². The highest BCUT2D eigenvalue weighted by molar-refractivity contribution is 14.0. The second kappa shape index (κ2) is 10.2. The maximum Gasteiger partial charge on any atom is 0.191 e. The number of nitrogens with one attached hydrogen (secondary N) is 2. The first kappa shape index (κ1) is 21.2. The van der Waals surface area contributed by atoms with Gasteiger partial charge in [-0.1, -0.05) is 13.8 Å². The Labute approximate surface area is 162 Å². The van der Waals surface area contributed by atoms with Gasteiger partial charge in [-0.3, -0.25) is 0 Å². The van der Waals surface area contributed by atoms with Crippen molar-refractivity contribution in [2.24, 2.45) is 10.9 Å². The fraction of sp³-hybridized carbons (Fsp3) is 0.765. The molecule has 6 nitrogen and oxygen atoms in total. The van der Waals surface area contributed by atoms with Crippen LogP contribution in [0, 0.1) is 5.92 Å². The third-order valence-electron chi connectivity index (χ3n) is 4.02. The Morgan fingerprint density at radius 2 is 2.25 bits per heavy atom. The van der Waals surface area contributed by atoms with E-state index < -0.39 is 0 Å². The van der Waals surface area contributed by atoms with Crippen molar-refractivity contribution < 1.29 is 4.74 Å². The van der Waals surface area contributed by atoms with Gasteiger partial charge in [-0.2, -0.15) is 0 Å². The molecule has 0 bridgehead atoms. The molecule has 1 aromatic rings. The Balaban J connectivity index is 0.00000288. The van der Waals surface area contributed by atoms with Gasteiger partial charge in [0, 0.05) is 38.6 Å². The van der Waals surface area contributed by atoms with Gasteiger partial charge < -0.3 is 19.9 Å². The summed E-state index contributed by atoms with van der Waals surface area (Å²) < 4.78 is 8.00. The van der Waals surface area contributed by atoms with E-state index in [0.717, 1.165) is 50.9 Å². The van der Waals surface area contributed by atoms with E-state index in [1.165, 1.54) is 0 Å². The SMILES string of the molecule is CCNC(=NCc1nccn1CC(C)C)NCC1(C)CCCO1.I. The minimum Gasteiger partial charge on any atom is -0.373 e. The zero-order chi connectivity index (χ0) is 16.7. The van der Waals surface area contributed by atoms with Crippen LogP contribution in [0.3, 0.4) is 0 Å². The monoisotopic (exact) mass is 449 g/mol. The maximum absolute atomic E-state index is 5.82. The normalized spacial score (nSPS) is 21.0. The number of ether oxygens (including phenoxy) is 1. The van der Waals surface area contributed by atoms with Gasteiger partial charge in [-0.05, 0) is 32.6 Å². The molecule has 1 aliphatic heterocycles. The quantitative estimate of drug-likeness (QED) is 0.382. The molecule has 138 valence electrons. The summed E-state index contributed by atoms with van der Waals surface area (Å²) in [6.07, 6.45) is 6.11. The summed E-state index contributed by atoms with van der Waals surface area (Å²) in [6.45, 7) is 12.7. The van der Waals surface area contributed by atoms with Gasteiger partial charge in [-0.15, -0.1) is 24.0 Å². The Hall–Kier alpha value is -0.830. The molecule has 1 aliphatic rings. The van der Waals surface area contributed by atoms with Crippen molar-refractivity contribution in [3.8, 4) is 0 Å². The fourth-order valence-electron chi connectivity index (χ4n) is 2.79. The van der Waals surface area contributed by atoms with Crippen molar-refractivity contribution in [3.63, 3.8) is 0 Å². The number of halogens is 1. The predicted octanol–water partition coefficient (Wildman–Crippen LogP) is 2.78. The largest absolute Gasteiger partial charge is 0.373 e. The van der Waals surface area contributed by atoms with Crippen LogP contribution in [0.25, 0.3) is 0 Å². The van der Waals surface area contributed by atoms with Crippen molar-refractivity contribution in [1.82, 2.24) is 20.2 Å². The summed E-state index contributed by atoms with van der Waals surface area (Å²) in [5.41, 5.74) is -0.0771. The summed E-state index contributed by atoms with van der Waals surface area (Å²) in [7, 11) is 0. The Bertz CT molecular complexity index is 509. The first-order valence-electron chi connectivity index (χ1n) is 8.68. The van der Waals surface area contributed by atoms with Crippen LogP contribution >= 0.6 is 24.0 Å². The molecule has 1 aromatic heterocycles. The van der Waals surface area contributed by atoms with Gasteiger partial charge in [0.15, 0.2) is 5.96 Å². The number of aromatic nitrogens is 2. The zero-order valence-electron chi connectivity index (χ0n) is 15.3. The Morgan fingerprint density at radius 3 is 2.88 bits per heavy atom. The number of rotatable bonds is 7. The lowest BCUT2D eigenvalue weighted by Gasteiger charge is -2.24. The first-order chi connectivity index (χ1) is 11.0. The first-order valence-corrected chi connectivity index (χ1v) is 8.68. The molecule has 1 atom stereocenters. The van der Waals surface area contributed by atoms with E-state index in [1.54, 1.807) is 0 Å². The average molecular weight is 449 g/mol. The molecule has 1 fully saturated rings. The van der Waals surface area contributed by atoms with Crippen LogP contribution in [0.5, 0.6) is 0 Å². The van der Waals surface area contributed by atoms with Gasteiger partial charge in [0.05, 0.1) is 5.60 Å². The molecule has 2 heterocycles. The standard InChI is InChI=1S/C17H31N5O.HI/c1-5-18-16(21-13-17(4)7-6-10-23-17)20-11-15-19-8-9-22(15)12-14(2)3;/h8-9,14H,5-7,10-13H2,1-4H3,(H2,18,20,21);1H. The van der Waals surface area contributed by atoms with Crippen LogP contribution in [-0.4, -0.2) is 40.8 Å². The minimum absolute atomic E-state index is 0. The molecule has 0 spiro atoms. The summed E-state index contributed by atoms with van der Waals surface area (Å²) >= 11 is 0. The molecule has 0 aliphatic carbocycles. The van der Waals surface area contributed by atoms with Crippen LogP contribution in [0.1, 0.15) is 46.4 Å². The molecule has 0 saturated carbocycles.